The molecule has 4 nitrogen and oxygen atoms in total. The summed E-state index contributed by atoms with van der Waals surface area (Å²) in [7, 11) is 0. The number of rotatable bonds is 5. The number of aliphatic hydroxyl groups is 1. The van der Waals surface area contributed by atoms with Crippen molar-refractivity contribution in [3.05, 3.63) is 28.5 Å². The smallest absolute Gasteiger partial charge is 0.185 e. The number of halogens is 1. The largest absolute Gasteiger partial charge is 0.396 e. The van der Waals surface area contributed by atoms with E-state index in [2.05, 4.69) is 20.9 Å². The summed E-state index contributed by atoms with van der Waals surface area (Å²) >= 11 is 3.26. The molecule has 15 heavy (non-hydrogen) atoms. The summed E-state index contributed by atoms with van der Waals surface area (Å²) in [6.07, 6.45) is 1.48. The second kappa shape index (κ2) is 6.51. The van der Waals surface area contributed by atoms with Crippen molar-refractivity contribution < 1.29 is 9.84 Å². The van der Waals surface area contributed by atoms with Gasteiger partial charge in [-0.3, -0.25) is 4.98 Å². The standard InChI is InChI=1S/C10H11BrN2O2/c11-8-2-3-9(13-7-8)10(6-12)15-5-1-4-14/h2-3,7,10,14H,1,4-5H2. The first-order valence-electron chi connectivity index (χ1n) is 4.51. The van der Waals surface area contributed by atoms with Crippen LogP contribution in [0.2, 0.25) is 0 Å². The molecule has 1 unspecified atom stereocenters. The molecule has 1 heterocycles. The molecular formula is C10H11BrN2O2. The van der Waals surface area contributed by atoms with E-state index in [9.17, 15) is 0 Å². The summed E-state index contributed by atoms with van der Waals surface area (Å²) in [5.74, 6) is 0. The lowest BCUT2D eigenvalue weighted by atomic mass is 10.2. The molecule has 1 aromatic heterocycles. The van der Waals surface area contributed by atoms with Crippen molar-refractivity contribution in [3.63, 3.8) is 0 Å². The molecule has 0 aliphatic carbocycles. The summed E-state index contributed by atoms with van der Waals surface area (Å²) in [4.78, 5) is 4.07. The minimum Gasteiger partial charge on any atom is -0.396 e. The molecule has 1 rings (SSSR count). The molecule has 0 saturated carbocycles. The first-order valence-corrected chi connectivity index (χ1v) is 5.30. The Balaban J connectivity index is 2.59. The van der Waals surface area contributed by atoms with Crippen LogP contribution in [0.3, 0.4) is 0 Å². The van der Waals surface area contributed by atoms with Crippen LogP contribution in [-0.4, -0.2) is 23.3 Å². The predicted molar refractivity (Wildman–Crippen MR) is 57.9 cm³/mol. The Morgan fingerprint density at radius 1 is 1.60 bits per heavy atom. The van der Waals surface area contributed by atoms with Gasteiger partial charge in [0.1, 0.15) is 6.07 Å². The van der Waals surface area contributed by atoms with Gasteiger partial charge in [0.2, 0.25) is 0 Å². The first kappa shape index (κ1) is 12.1. The molecular weight excluding hydrogens is 260 g/mol. The predicted octanol–water partition coefficient (Wildman–Crippen LogP) is 1.81. The minimum absolute atomic E-state index is 0.0614. The fourth-order valence-electron chi connectivity index (χ4n) is 0.997. The Labute approximate surface area is 96.6 Å². The number of pyridine rings is 1. The fourth-order valence-corrected chi connectivity index (χ4v) is 1.23. The third kappa shape index (κ3) is 3.96. The highest BCUT2D eigenvalue weighted by atomic mass is 79.9. The van der Waals surface area contributed by atoms with Gasteiger partial charge in [0.25, 0.3) is 0 Å². The number of aromatic nitrogens is 1. The molecule has 0 saturated heterocycles. The molecule has 0 bridgehead atoms. The zero-order valence-electron chi connectivity index (χ0n) is 8.06. The number of nitriles is 1. The SMILES string of the molecule is N#CC(OCCCO)c1ccc(Br)cn1. The molecule has 1 aromatic rings. The summed E-state index contributed by atoms with van der Waals surface area (Å²) in [5.41, 5.74) is 0.582. The molecule has 0 aliphatic rings. The van der Waals surface area contributed by atoms with Crippen molar-refractivity contribution in [2.75, 3.05) is 13.2 Å². The van der Waals surface area contributed by atoms with E-state index >= 15 is 0 Å². The third-order valence-corrected chi connectivity index (χ3v) is 2.19. The molecule has 1 atom stereocenters. The number of aliphatic hydroxyl groups excluding tert-OH is 1. The minimum atomic E-state index is -0.662. The van der Waals surface area contributed by atoms with Crippen LogP contribution in [0.1, 0.15) is 18.2 Å². The van der Waals surface area contributed by atoms with Crippen molar-refractivity contribution in [1.82, 2.24) is 4.98 Å². The lowest BCUT2D eigenvalue weighted by molar-refractivity contribution is 0.0749. The van der Waals surface area contributed by atoms with E-state index in [0.29, 0.717) is 18.7 Å². The van der Waals surface area contributed by atoms with E-state index < -0.39 is 6.10 Å². The Bertz CT molecular complexity index is 334. The molecule has 0 spiro atoms. The van der Waals surface area contributed by atoms with Crippen LogP contribution >= 0.6 is 15.9 Å². The lowest BCUT2D eigenvalue weighted by Crippen LogP contribution is -2.06. The summed E-state index contributed by atoms with van der Waals surface area (Å²) in [6.45, 7) is 0.415. The third-order valence-electron chi connectivity index (χ3n) is 1.72. The van der Waals surface area contributed by atoms with Gasteiger partial charge < -0.3 is 9.84 Å². The van der Waals surface area contributed by atoms with E-state index in [0.717, 1.165) is 4.47 Å². The number of hydrogen-bond donors (Lipinski definition) is 1. The molecule has 0 aromatic carbocycles. The van der Waals surface area contributed by atoms with Gasteiger partial charge in [-0.05, 0) is 34.5 Å². The van der Waals surface area contributed by atoms with Gasteiger partial charge in [-0.2, -0.15) is 5.26 Å². The van der Waals surface area contributed by atoms with E-state index in [1.54, 1.807) is 12.3 Å². The lowest BCUT2D eigenvalue weighted by Gasteiger charge is -2.09. The normalized spacial score (nSPS) is 12.1. The van der Waals surface area contributed by atoms with Crippen LogP contribution in [0.15, 0.2) is 22.8 Å². The van der Waals surface area contributed by atoms with E-state index in [1.807, 2.05) is 12.1 Å². The molecule has 0 aliphatic heterocycles. The van der Waals surface area contributed by atoms with Gasteiger partial charge in [-0.15, -0.1) is 0 Å². The van der Waals surface area contributed by atoms with Crippen LogP contribution < -0.4 is 0 Å². The molecule has 80 valence electrons. The quantitative estimate of drug-likeness (QED) is 0.829. The molecule has 5 heteroatoms. The van der Waals surface area contributed by atoms with E-state index in [-0.39, 0.29) is 6.61 Å². The Hall–Kier alpha value is -0.960. The summed E-state index contributed by atoms with van der Waals surface area (Å²) < 4.78 is 6.12. The average Bonchev–Trinajstić information content (AvgIpc) is 2.26. The molecule has 1 N–H and O–H groups in total. The van der Waals surface area contributed by atoms with Crippen molar-refractivity contribution in [3.8, 4) is 6.07 Å². The zero-order valence-corrected chi connectivity index (χ0v) is 9.64. The van der Waals surface area contributed by atoms with E-state index in [4.69, 9.17) is 15.1 Å². The van der Waals surface area contributed by atoms with Gasteiger partial charge in [-0.25, -0.2) is 0 Å². The van der Waals surface area contributed by atoms with E-state index in [1.165, 1.54) is 0 Å². The summed E-state index contributed by atoms with van der Waals surface area (Å²) in [6, 6.07) is 5.56. The maximum atomic E-state index is 8.86. The zero-order chi connectivity index (χ0) is 11.1. The monoisotopic (exact) mass is 270 g/mol. The topological polar surface area (TPSA) is 66.1 Å². The highest BCUT2D eigenvalue weighted by Crippen LogP contribution is 2.16. The van der Waals surface area contributed by atoms with Crippen LogP contribution in [-0.2, 0) is 4.74 Å². The Morgan fingerprint density at radius 2 is 2.40 bits per heavy atom. The van der Waals surface area contributed by atoms with Gasteiger partial charge in [0.15, 0.2) is 6.10 Å². The number of nitrogens with zero attached hydrogens (tertiary/aromatic N) is 2. The van der Waals surface area contributed by atoms with Gasteiger partial charge >= 0.3 is 0 Å². The number of ether oxygens (including phenoxy) is 1. The van der Waals surface area contributed by atoms with Crippen LogP contribution in [0.5, 0.6) is 0 Å². The number of hydrogen-bond acceptors (Lipinski definition) is 4. The Morgan fingerprint density at radius 3 is 2.93 bits per heavy atom. The second-order valence-corrected chi connectivity index (χ2v) is 3.77. The van der Waals surface area contributed by atoms with Crippen molar-refractivity contribution in [1.29, 1.82) is 5.26 Å². The van der Waals surface area contributed by atoms with Crippen molar-refractivity contribution >= 4 is 15.9 Å². The highest BCUT2D eigenvalue weighted by molar-refractivity contribution is 9.10. The maximum absolute atomic E-state index is 8.86. The molecule has 0 fully saturated rings. The van der Waals surface area contributed by atoms with Crippen molar-refractivity contribution in [2.24, 2.45) is 0 Å². The van der Waals surface area contributed by atoms with Gasteiger partial charge in [0, 0.05) is 17.3 Å². The maximum Gasteiger partial charge on any atom is 0.185 e. The van der Waals surface area contributed by atoms with Crippen LogP contribution in [0.25, 0.3) is 0 Å². The van der Waals surface area contributed by atoms with Gasteiger partial charge in [0.05, 0.1) is 12.3 Å². The summed E-state index contributed by atoms with van der Waals surface area (Å²) in [5, 5.41) is 17.4. The Kier molecular flexibility index (Phi) is 5.26. The highest BCUT2D eigenvalue weighted by Gasteiger charge is 2.11. The van der Waals surface area contributed by atoms with Crippen LogP contribution in [0.4, 0.5) is 0 Å². The average molecular weight is 271 g/mol. The van der Waals surface area contributed by atoms with Crippen molar-refractivity contribution in [2.45, 2.75) is 12.5 Å². The first-order chi connectivity index (χ1) is 7.27. The van der Waals surface area contributed by atoms with Crippen LogP contribution in [0, 0.1) is 11.3 Å². The second-order valence-electron chi connectivity index (χ2n) is 2.86. The van der Waals surface area contributed by atoms with Gasteiger partial charge in [-0.1, -0.05) is 0 Å². The molecule has 0 radical (unpaired) electrons. The fraction of sp³-hybridized carbons (Fsp3) is 0.400. The molecule has 0 amide bonds.